The van der Waals surface area contributed by atoms with Gasteiger partial charge in [-0.05, 0) is 93.8 Å². The van der Waals surface area contributed by atoms with Crippen molar-refractivity contribution in [2.45, 2.75) is 46.3 Å². The van der Waals surface area contributed by atoms with Gasteiger partial charge in [0.2, 0.25) is 0 Å². The number of carbonyl (C=O) groups excluding carboxylic acids is 1. The highest BCUT2D eigenvalue weighted by Crippen LogP contribution is 2.34. The zero-order chi connectivity index (χ0) is 24.1. The predicted octanol–water partition coefficient (Wildman–Crippen LogP) is 6.00. The van der Waals surface area contributed by atoms with E-state index in [4.69, 9.17) is 14.2 Å². The maximum absolute atomic E-state index is 13.5. The molecule has 1 heterocycles. The molecule has 1 amide bonds. The summed E-state index contributed by atoms with van der Waals surface area (Å²) in [5.41, 5.74) is 4.08. The molecule has 3 aromatic rings. The average Bonchev–Trinajstić information content (AvgIpc) is 2.82. The third-order valence-electron chi connectivity index (χ3n) is 5.91. The van der Waals surface area contributed by atoms with E-state index in [0.717, 1.165) is 34.8 Å². The third kappa shape index (κ3) is 5.53. The molecule has 1 aliphatic heterocycles. The SMILES string of the molecule is CCOc1ccc(OCC2c3ccc(OC(C)C)cc3CCN2C(=O)c2cccc(C)c2)cc1. The molecule has 0 saturated carbocycles. The molecule has 4 rings (SSSR count). The maximum atomic E-state index is 13.5. The first-order valence-electron chi connectivity index (χ1n) is 12.0. The van der Waals surface area contributed by atoms with E-state index in [1.54, 1.807) is 0 Å². The van der Waals surface area contributed by atoms with Crippen LogP contribution in [0.25, 0.3) is 0 Å². The molecule has 1 unspecified atom stereocenters. The fourth-order valence-corrected chi connectivity index (χ4v) is 4.37. The molecule has 0 fully saturated rings. The Hall–Kier alpha value is -3.47. The molecule has 5 heteroatoms. The van der Waals surface area contributed by atoms with Crippen LogP contribution in [-0.2, 0) is 6.42 Å². The third-order valence-corrected chi connectivity index (χ3v) is 5.91. The van der Waals surface area contributed by atoms with E-state index in [1.807, 2.05) is 87.2 Å². The first kappa shape index (κ1) is 23.7. The molecule has 0 bridgehead atoms. The summed E-state index contributed by atoms with van der Waals surface area (Å²) >= 11 is 0. The average molecular weight is 460 g/mol. The van der Waals surface area contributed by atoms with Gasteiger partial charge in [0.15, 0.2) is 0 Å². The fraction of sp³-hybridized carbons (Fsp3) is 0.345. The van der Waals surface area contributed by atoms with Gasteiger partial charge in [-0.25, -0.2) is 0 Å². The highest BCUT2D eigenvalue weighted by molar-refractivity contribution is 5.95. The molecule has 1 atom stereocenters. The number of benzene rings is 3. The summed E-state index contributed by atoms with van der Waals surface area (Å²) in [6.07, 6.45) is 0.890. The van der Waals surface area contributed by atoms with E-state index >= 15 is 0 Å². The monoisotopic (exact) mass is 459 g/mol. The van der Waals surface area contributed by atoms with Crippen LogP contribution in [0.5, 0.6) is 17.2 Å². The van der Waals surface area contributed by atoms with Crippen LogP contribution < -0.4 is 14.2 Å². The van der Waals surface area contributed by atoms with Gasteiger partial charge in [0.05, 0.1) is 18.8 Å². The minimum Gasteiger partial charge on any atom is -0.494 e. The summed E-state index contributed by atoms with van der Waals surface area (Å²) in [6.45, 7) is 9.63. The van der Waals surface area contributed by atoms with Crippen LogP contribution >= 0.6 is 0 Å². The van der Waals surface area contributed by atoms with E-state index in [0.29, 0.717) is 25.3 Å². The van der Waals surface area contributed by atoms with E-state index in [1.165, 1.54) is 5.56 Å². The van der Waals surface area contributed by atoms with Crippen molar-refractivity contribution in [3.63, 3.8) is 0 Å². The molecular weight excluding hydrogens is 426 g/mol. The number of hydrogen-bond acceptors (Lipinski definition) is 4. The topological polar surface area (TPSA) is 48.0 Å². The van der Waals surface area contributed by atoms with Crippen LogP contribution in [-0.4, -0.2) is 36.7 Å². The van der Waals surface area contributed by atoms with E-state index in [-0.39, 0.29) is 18.1 Å². The van der Waals surface area contributed by atoms with Gasteiger partial charge < -0.3 is 19.1 Å². The Bertz CT molecular complexity index is 1120. The van der Waals surface area contributed by atoms with Gasteiger partial charge in [-0.1, -0.05) is 23.8 Å². The highest BCUT2D eigenvalue weighted by Gasteiger charge is 2.32. The number of nitrogens with zero attached hydrogens (tertiary/aromatic N) is 1. The Kier molecular flexibility index (Phi) is 7.41. The number of hydrogen-bond donors (Lipinski definition) is 0. The van der Waals surface area contributed by atoms with Crippen LogP contribution in [0.1, 0.15) is 53.9 Å². The molecule has 0 N–H and O–H groups in total. The molecule has 178 valence electrons. The minimum absolute atomic E-state index is 0.0251. The Morgan fingerprint density at radius 1 is 0.971 bits per heavy atom. The van der Waals surface area contributed by atoms with Crippen molar-refractivity contribution in [1.29, 1.82) is 0 Å². The van der Waals surface area contributed by atoms with Gasteiger partial charge >= 0.3 is 0 Å². The van der Waals surface area contributed by atoms with Crippen LogP contribution in [0.4, 0.5) is 0 Å². The van der Waals surface area contributed by atoms with Crippen LogP contribution in [0.2, 0.25) is 0 Å². The van der Waals surface area contributed by atoms with Crippen molar-refractivity contribution >= 4 is 5.91 Å². The lowest BCUT2D eigenvalue weighted by Crippen LogP contribution is -2.42. The van der Waals surface area contributed by atoms with Gasteiger partial charge in [0.1, 0.15) is 23.9 Å². The minimum atomic E-state index is -0.198. The second-order valence-electron chi connectivity index (χ2n) is 8.88. The molecule has 0 radical (unpaired) electrons. The molecule has 1 aliphatic rings. The van der Waals surface area contributed by atoms with Crippen molar-refractivity contribution in [3.8, 4) is 17.2 Å². The molecule has 34 heavy (non-hydrogen) atoms. The summed E-state index contributed by atoms with van der Waals surface area (Å²) < 4.78 is 17.6. The van der Waals surface area contributed by atoms with Crippen molar-refractivity contribution in [3.05, 3.63) is 89.0 Å². The number of amides is 1. The van der Waals surface area contributed by atoms with Crippen LogP contribution in [0, 0.1) is 6.92 Å². The normalized spacial score (nSPS) is 15.1. The molecule has 0 saturated heterocycles. The van der Waals surface area contributed by atoms with Gasteiger partial charge in [0.25, 0.3) is 5.91 Å². The Morgan fingerprint density at radius 2 is 1.68 bits per heavy atom. The predicted molar refractivity (Wildman–Crippen MR) is 134 cm³/mol. The Balaban J connectivity index is 1.61. The second-order valence-corrected chi connectivity index (χ2v) is 8.88. The van der Waals surface area contributed by atoms with Gasteiger partial charge in [0, 0.05) is 12.1 Å². The number of aryl methyl sites for hydroxylation is 1. The number of rotatable bonds is 8. The quantitative estimate of drug-likeness (QED) is 0.415. The van der Waals surface area contributed by atoms with Crippen LogP contribution in [0.15, 0.2) is 66.7 Å². The Labute approximate surface area is 202 Å². The molecular formula is C29H33NO4. The lowest BCUT2D eigenvalue weighted by atomic mass is 9.92. The number of ether oxygens (including phenoxy) is 3. The van der Waals surface area contributed by atoms with Gasteiger partial charge in [-0.2, -0.15) is 0 Å². The molecule has 5 nitrogen and oxygen atoms in total. The Morgan fingerprint density at radius 3 is 2.35 bits per heavy atom. The van der Waals surface area contributed by atoms with Gasteiger partial charge in [-0.3, -0.25) is 4.79 Å². The van der Waals surface area contributed by atoms with E-state index < -0.39 is 0 Å². The first-order valence-corrected chi connectivity index (χ1v) is 12.0. The number of fused-ring (bicyclic) bond motifs is 1. The smallest absolute Gasteiger partial charge is 0.254 e. The molecule has 0 spiro atoms. The fourth-order valence-electron chi connectivity index (χ4n) is 4.37. The lowest BCUT2D eigenvalue weighted by molar-refractivity contribution is 0.0589. The summed E-state index contributed by atoms with van der Waals surface area (Å²) in [5.74, 6) is 2.45. The zero-order valence-corrected chi connectivity index (χ0v) is 20.4. The van der Waals surface area contributed by atoms with E-state index in [2.05, 4.69) is 12.1 Å². The standard InChI is InChI=1S/C29H33NO4/c1-5-32-24-9-11-25(12-10-24)33-19-28-27-14-13-26(34-20(2)3)18-22(27)15-16-30(28)29(31)23-8-6-7-21(4)17-23/h6-14,17-18,20,28H,5,15-16,19H2,1-4H3. The van der Waals surface area contributed by atoms with Crippen molar-refractivity contribution in [1.82, 2.24) is 4.90 Å². The maximum Gasteiger partial charge on any atom is 0.254 e. The second kappa shape index (κ2) is 10.6. The highest BCUT2D eigenvalue weighted by atomic mass is 16.5. The molecule has 0 aromatic heterocycles. The largest absolute Gasteiger partial charge is 0.494 e. The van der Waals surface area contributed by atoms with Gasteiger partial charge in [-0.15, -0.1) is 0 Å². The zero-order valence-electron chi connectivity index (χ0n) is 20.4. The van der Waals surface area contributed by atoms with Crippen molar-refractivity contribution in [2.24, 2.45) is 0 Å². The summed E-state index contributed by atoms with van der Waals surface area (Å²) in [6, 6.07) is 21.4. The number of carbonyl (C=O) groups is 1. The lowest BCUT2D eigenvalue weighted by Gasteiger charge is -2.37. The summed E-state index contributed by atoms with van der Waals surface area (Å²) in [7, 11) is 0. The van der Waals surface area contributed by atoms with Crippen LogP contribution in [0.3, 0.4) is 0 Å². The summed E-state index contributed by atoms with van der Waals surface area (Å²) in [5, 5.41) is 0. The van der Waals surface area contributed by atoms with Crippen molar-refractivity contribution in [2.75, 3.05) is 19.8 Å². The van der Waals surface area contributed by atoms with Crippen molar-refractivity contribution < 1.29 is 19.0 Å². The van der Waals surface area contributed by atoms with E-state index in [9.17, 15) is 4.79 Å². The first-order chi connectivity index (χ1) is 16.4. The molecule has 0 aliphatic carbocycles. The summed E-state index contributed by atoms with van der Waals surface area (Å²) in [4.78, 5) is 15.5. The molecule has 3 aromatic carbocycles.